The fourth-order valence-corrected chi connectivity index (χ4v) is 4.98. The number of nitrogens with zero attached hydrogens (tertiary/aromatic N) is 3. The van der Waals surface area contributed by atoms with Crippen LogP contribution in [0.4, 0.5) is 5.69 Å². The van der Waals surface area contributed by atoms with Crippen molar-refractivity contribution in [1.82, 2.24) is 15.5 Å². The smallest absolute Gasteiger partial charge is 0.251 e. The van der Waals surface area contributed by atoms with Crippen molar-refractivity contribution in [3.8, 4) is 11.4 Å². The van der Waals surface area contributed by atoms with Crippen molar-refractivity contribution in [3.05, 3.63) is 65.5 Å². The van der Waals surface area contributed by atoms with Crippen molar-refractivity contribution < 1.29 is 17.7 Å². The standard InChI is InChI=1S/C21H22N4O4S/c1-15-5-4-6-17(13-15)20-23-19(29-24-20)14-22-21(26)16-7-9-18(10-8-16)25-11-2-3-12-30(25,27)28/h4-10,13H,2-3,11-12,14H2,1H3,(H,22,26). The summed E-state index contributed by atoms with van der Waals surface area (Å²) in [5, 5.41) is 6.70. The third-order valence-corrected chi connectivity index (χ3v) is 6.78. The Hall–Kier alpha value is -3.20. The van der Waals surface area contributed by atoms with Gasteiger partial charge in [-0.25, -0.2) is 8.42 Å². The molecule has 0 atom stereocenters. The minimum atomic E-state index is -3.27. The van der Waals surface area contributed by atoms with E-state index in [1.54, 1.807) is 24.3 Å². The van der Waals surface area contributed by atoms with Gasteiger partial charge in [-0.1, -0.05) is 28.9 Å². The molecular weight excluding hydrogens is 404 g/mol. The predicted octanol–water partition coefficient (Wildman–Crippen LogP) is 2.91. The van der Waals surface area contributed by atoms with E-state index in [2.05, 4.69) is 15.5 Å². The molecule has 4 rings (SSSR count). The molecule has 2 aromatic carbocycles. The molecule has 0 radical (unpaired) electrons. The molecule has 0 aliphatic carbocycles. The summed E-state index contributed by atoms with van der Waals surface area (Å²) in [7, 11) is -3.27. The lowest BCUT2D eigenvalue weighted by Gasteiger charge is -2.28. The highest BCUT2D eigenvalue weighted by Gasteiger charge is 2.26. The van der Waals surface area contributed by atoms with Gasteiger partial charge in [-0.3, -0.25) is 9.10 Å². The normalized spacial score (nSPS) is 15.7. The topological polar surface area (TPSA) is 105 Å². The zero-order valence-electron chi connectivity index (χ0n) is 16.5. The molecular formula is C21H22N4O4S. The average molecular weight is 426 g/mol. The summed E-state index contributed by atoms with van der Waals surface area (Å²) in [6, 6.07) is 14.3. The Morgan fingerprint density at radius 3 is 2.70 bits per heavy atom. The molecule has 8 nitrogen and oxygen atoms in total. The van der Waals surface area contributed by atoms with Crippen LogP contribution in [0.25, 0.3) is 11.4 Å². The number of nitrogens with one attached hydrogen (secondary N) is 1. The van der Waals surface area contributed by atoms with Crippen LogP contribution in [-0.4, -0.2) is 36.8 Å². The van der Waals surface area contributed by atoms with Crippen LogP contribution in [0.2, 0.25) is 0 Å². The van der Waals surface area contributed by atoms with E-state index in [1.165, 1.54) is 4.31 Å². The lowest BCUT2D eigenvalue weighted by atomic mass is 10.1. The maximum Gasteiger partial charge on any atom is 0.251 e. The van der Waals surface area contributed by atoms with Crippen LogP contribution in [0, 0.1) is 6.92 Å². The summed E-state index contributed by atoms with van der Waals surface area (Å²) in [5.41, 5.74) is 2.94. The molecule has 1 aliphatic rings. The number of sulfonamides is 1. The van der Waals surface area contributed by atoms with E-state index >= 15 is 0 Å². The van der Waals surface area contributed by atoms with Gasteiger partial charge in [0.25, 0.3) is 5.91 Å². The Labute approximate surface area is 175 Å². The number of amides is 1. The Bertz CT molecular complexity index is 1160. The minimum absolute atomic E-state index is 0.0971. The van der Waals surface area contributed by atoms with E-state index in [9.17, 15) is 13.2 Å². The van der Waals surface area contributed by atoms with Crippen LogP contribution >= 0.6 is 0 Å². The van der Waals surface area contributed by atoms with Crippen LogP contribution in [-0.2, 0) is 16.6 Å². The minimum Gasteiger partial charge on any atom is -0.343 e. The Balaban J connectivity index is 1.39. The molecule has 156 valence electrons. The fourth-order valence-electron chi connectivity index (χ4n) is 3.34. The van der Waals surface area contributed by atoms with Crippen molar-refractivity contribution in [3.63, 3.8) is 0 Å². The molecule has 1 aromatic heterocycles. The van der Waals surface area contributed by atoms with Gasteiger partial charge in [0, 0.05) is 17.7 Å². The van der Waals surface area contributed by atoms with E-state index in [0.29, 0.717) is 35.9 Å². The molecule has 0 spiro atoms. The van der Waals surface area contributed by atoms with E-state index in [4.69, 9.17) is 4.52 Å². The molecule has 1 aliphatic heterocycles. The monoisotopic (exact) mass is 426 g/mol. The maximum absolute atomic E-state index is 12.4. The lowest BCUT2D eigenvalue weighted by Crippen LogP contribution is -2.37. The first-order chi connectivity index (χ1) is 14.4. The number of aromatic nitrogens is 2. The van der Waals surface area contributed by atoms with E-state index in [-0.39, 0.29) is 18.2 Å². The van der Waals surface area contributed by atoms with Gasteiger partial charge in [0.2, 0.25) is 21.7 Å². The van der Waals surface area contributed by atoms with Crippen LogP contribution in [0.5, 0.6) is 0 Å². The van der Waals surface area contributed by atoms with Gasteiger partial charge in [0.1, 0.15) is 0 Å². The molecule has 0 unspecified atom stereocenters. The molecule has 1 N–H and O–H groups in total. The van der Waals surface area contributed by atoms with E-state index in [0.717, 1.165) is 17.5 Å². The van der Waals surface area contributed by atoms with Gasteiger partial charge in [-0.15, -0.1) is 0 Å². The molecule has 1 fully saturated rings. The highest BCUT2D eigenvalue weighted by Crippen LogP contribution is 2.24. The summed E-state index contributed by atoms with van der Waals surface area (Å²) < 4.78 is 31.0. The number of aryl methyl sites for hydroxylation is 1. The summed E-state index contributed by atoms with van der Waals surface area (Å²) in [6.07, 6.45) is 1.51. The Kier molecular flexibility index (Phi) is 5.54. The third-order valence-electron chi connectivity index (χ3n) is 4.91. The first-order valence-corrected chi connectivity index (χ1v) is 11.3. The number of anilines is 1. The molecule has 2 heterocycles. The number of carbonyl (C=O) groups is 1. The Morgan fingerprint density at radius 2 is 1.97 bits per heavy atom. The largest absolute Gasteiger partial charge is 0.343 e. The quantitative estimate of drug-likeness (QED) is 0.673. The van der Waals surface area contributed by atoms with Crippen LogP contribution in [0.3, 0.4) is 0 Å². The van der Waals surface area contributed by atoms with Gasteiger partial charge in [-0.2, -0.15) is 4.98 Å². The second-order valence-electron chi connectivity index (χ2n) is 7.21. The molecule has 0 saturated carbocycles. The number of carbonyl (C=O) groups excluding carboxylic acids is 1. The van der Waals surface area contributed by atoms with Gasteiger partial charge in [0.15, 0.2) is 0 Å². The van der Waals surface area contributed by atoms with Crippen molar-refractivity contribution in [1.29, 1.82) is 0 Å². The van der Waals surface area contributed by atoms with Gasteiger partial charge >= 0.3 is 0 Å². The number of hydrogen-bond donors (Lipinski definition) is 1. The summed E-state index contributed by atoms with van der Waals surface area (Å²) in [5.74, 6) is 0.619. The fraction of sp³-hybridized carbons (Fsp3) is 0.286. The van der Waals surface area contributed by atoms with Gasteiger partial charge < -0.3 is 9.84 Å². The van der Waals surface area contributed by atoms with Crippen LogP contribution in [0.15, 0.2) is 53.1 Å². The maximum atomic E-state index is 12.4. The predicted molar refractivity (Wildman–Crippen MR) is 112 cm³/mol. The number of hydrogen-bond acceptors (Lipinski definition) is 6. The summed E-state index contributed by atoms with van der Waals surface area (Å²) in [4.78, 5) is 16.7. The summed E-state index contributed by atoms with van der Waals surface area (Å²) in [6.45, 7) is 2.55. The molecule has 0 bridgehead atoms. The average Bonchev–Trinajstić information content (AvgIpc) is 3.21. The molecule has 1 amide bonds. The second-order valence-corrected chi connectivity index (χ2v) is 9.22. The second kappa shape index (κ2) is 8.27. The molecule has 9 heteroatoms. The highest BCUT2D eigenvalue weighted by molar-refractivity contribution is 7.92. The third kappa shape index (κ3) is 4.35. The Morgan fingerprint density at radius 1 is 1.17 bits per heavy atom. The van der Waals surface area contributed by atoms with Gasteiger partial charge in [0.05, 0.1) is 18.0 Å². The van der Waals surface area contributed by atoms with Crippen LogP contribution < -0.4 is 9.62 Å². The van der Waals surface area contributed by atoms with E-state index in [1.807, 2.05) is 31.2 Å². The van der Waals surface area contributed by atoms with Crippen molar-refractivity contribution in [2.24, 2.45) is 0 Å². The zero-order chi connectivity index (χ0) is 21.1. The molecule has 30 heavy (non-hydrogen) atoms. The first kappa shape index (κ1) is 20.1. The number of rotatable bonds is 5. The van der Waals surface area contributed by atoms with Crippen molar-refractivity contribution in [2.45, 2.75) is 26.3 Å². The van der Waals surface area contributed by atoms with Crippen LogP contribution in [0.1, 0.15) is 34.7 Å². The number of benzene rings is 2. The zero-order valence-corrected chi connectivity index (χ0v) is 17.4. The van der Waals surface area contributed by atoms with Gasteiger partial charge in [-0.05, 0) is 50.1 Å². The summed E-state index contributed by atoms with van der Waals surface area (Å²) >= 11 is 0. The molecule has 1 saturated heterocycles. The highest BCUT2D eigenvalue weighted by atomic mass is 32.2. The van der Waals surface area contributed by atoms with Crippen molar-refractivity contribution in [2.75, 3.05) is 16.6 Å². The first-order valence-electron chi connectivity index (χ1n) is 9.71. The molecule has 3 aromatic rings. The SMILES string of the molecule is Cc1cccc(-c2noc(CNC(=O)c3ccc(N4CCCCS4(=O)=O)cc3)n2)c1. The lowest BCUT2D eigenvalue weighted by molar-refractivity contribution is 0.0946. The van der Waals surface area contributed by atoms with E-state index < -0.39 is 10.0 Å². The van der Waals surface area contributed by atoms with Crippen molar-refractivity contribution >= 4 is 21.6 Å².